The van der Waals surface area contributed by atoms with Crippen LogP contribution in [0.5, 0.6) is 0 Å². The summed E-state index contributed by atoms with van der Waals surface area (Å²) in [5, 5.41) is 3.44. The first-order chi connectivity index (χ1) is 8.25. The van der Waals surface area contributed by atoms with Crippen molar-refractivity contribution in [3.05, 3.63) is 23.8 Å². The number of nitrogens with one attached hydrogen (secondary N) is 1. The van der Waals surface area contributed by atoms with Gasteiger partial charge in [-0.1, -0.05) is 6.07 Å². The summed E-state index contributed by atoms with van der Waals surface area (Å²) in [4.78, 5) is 0. The highest BCUT2D eigenvalue weighted by Crippen LogP contribution is 2.22. The van der Waals surface area contributed by atoms with E-state index >= 15 is 0 Å². The molecular formula is C14H22N2O. The van der Waals surface area contributed by atoms with Gasteiger partial charge in [-0.2, -0.15) is 0 Å². The molecule has 0 bridgehead atoms. The van der Waals surface area contributed by atoms with Crippen LogP contribution in [0.25, 0.3) is 0 Å². The molecule has 3 N–H and O–H groups in total. The van der Waals surface area contributed by atoms with E-state index in [-0.39, 0.29) is 0 Å². The number of hydrogen-bond acceptors (Lipinski definition) is 3. The first kappa shape index (κ1) is 12.2. The van der Waals surface area contributed by atoms with Crippen LogP contribution < -0.4 is 11.1 Å². The zero-order chi connectivity index (χ0) is 12.1. The minimum atomic E-state index is 0.808. The van der Waals surface area contributed by atoms with Crippen molar-refractivity contribution in [3.63, 3.8) is 0 Å². The normalized spacial score (nSPS) is 17.0. The summed E-state index contributed by atoms with van der Waals surface area (Å²) in [6.45, 7) is 4.94. The van der Waals surface area contributed by atoms with E-state index in [1.807, 2.05) is 12.1 Å². The SMILES string of the molecule is Cc1ccc(N)c(NCCC2CCOCC2)c1. The Bertz CT molecular complexity index is 359. The Hall–Kier alpha value is -1.22. The largest absolute Gasteiger partial charge is 0.397 e. The Kier molecular flexibility index (Phi) is 4.26. The van der Waals surface area contributed by atoms with E-state index in [9.17, 15) is 0 Å². The lowest BCUT2D eigenvalue weighted by Crippen LogP contribution is -2.18. The van der Waals surface area contributed by atoms with Crippen molar-refractivity contribution in [2.24, 2.45) is 5.92 Å². The summed E-state index contributed by atoms with van der Waals surface area (Å²) in [7, 11) is 0. The molecule has 94 valence electrons. The number of nitrogens with two attached hydrogens (primary N) is 1. The van der Waals surface area contributed by atoms with Crippen molar-refractivity contribution in [2.45, 2.75) is 26.2 Å². The van der Waals surface area contributed by atoms with E-state index in [0.29, 0.717) is 0 Å². The quantitative estimate of drug-likeness (QED) is 0.787. The fourth-order valence-electron chi connectivity index (χ4n) is 2.27. The van der Waals surface area contributed by atoms with Crippen molar-refractivity contribution in [1.82, 2.24) is 0 Å². The van der Waals surface area contributed by atoms with E-state index in [1.54, 1.807) is 0 Å². The number of anilines is 2. The van der Waals surface area contributed by atoms with Gasteiger partial charge in [-0.25, -0.2) is 0 Å². The third-order valence-electron chi connectivity index (χ3n) is 3.42. The molecule has 3 nitrogen and oxygen atoms in total. The summed E-state index contributed by atoms with van der Waals surface area (Å²) in [6, 6.07) is 6.12. The van der Waals surface area contributed by atoms with Crippen LogP contribution in [0.3, 0.4) is 0 Å². The second kappa shape index (κ2) is 5.92. The fourth-order valence-corrected chi connectivity index (χ4v) is 2.27. The van der Waals surface area contributed by atoms with Crippen LogP contribution in [0.1, 0.15) is 24.8 Å². The Morgan fingerprint density at radius 1 is 1.35 bits per heavy atom. The van der Waals surface area contributed by atoms with Crippen LogP contribution >= 0.6 is 0 Å². The molecule has 0 atom stereocenters. The highest BCUT2D eigenvalue weighted by atomic mass is 16.5. The van der Waals surface area contributed by atoms with Gasteiger partial charge in [0.15, 0.2) is 0 Å². The molecule has 17 heavy (non-hydrogen) atoms. The molecule has 1 aromatic rings. The molecule has 0 radical (unpaired) electrons. The third-order valence-corrected chi connectivity index (χ3v) is 3.42. The predicted octanol–water partition coefficient (Wildman–Crippen LogP) is 2.81. The predicted molar refractivity (Wildman–Crippen MR) is 72.2 cm³/mol. The van der Waals surface area contributed by atoms with Gasteiger partial charge in [0.2, 0.25) is 0 Å². The molecular weight excluding hydrogens is 212 g/mol. The van der Waals surface area contributed by atoms with E-state index in [4.69, 9.17) is 10.5 Å². The zero-order valence-electron chi connectivity index (χ0n) is 10.5. The maximum absolute atomic E-state index is 5.93. The first-order valence-corrected chi connectivity index (χ1v) is 6.43. The minimum Gasteiger partial charge on any atom is -0.397 e. The van der Waals surface area contributed by atoms with Gasteiger partial charge in [0.1, 0.15) is 0 Å². The van der Waals surface area contributed by atoms with E-state index in [0.717, 1.165) is 37.1 Å². The molecule has 1 fully saturated rings. The number of rotatable bonds is 4. The fraction of sp³-hybridized carbons (Fsp3) is 0.571. The zero-order valence-corrected chi connectivity index (χ0v) is 10.5. The second-order valence-corrected chi connectivity index (χ2v) is 4.86. The molecule has 1 heterocycles. The van der Waals surface area contributed by atoms with E-state index in [2.05, 4.69) is 18.3 Å². The molecule has 1 aromatic carbocycles. The highest BCUT2D eigenvalue weighted by Gasteiger charge is 2.13. The number of ether oxygens (including phenoxy) is 1. The minimum absolute atomic E-state index is 0.808. The van der Waals surface area contributed by atoms with E-state index in [1.165, 1.54) is 24.8 Å². The van der Waals surface area contributed by atoms with Crippen LogP contribution in [0.4, 0.5) is 11.4 Å². The smallest absolute Gasteiger partial charge is 0.0576 e. The van der Waals surface area contributed by atoms with Crippen molar-refractivity contribution in [3.8, 4) is 0 Å². The van der Waals surface area contributed by atoms with Crippen LogP contribution in [-0.2, 0) is 4.74 Å². The molecule has 0 amide bonds. The van der Waals surface area contributed by atoms with Crippen molar-refractivity contribution in [2.75, 3.05) is 30.8 Å². The number of benzene rings is 1. The molecule has 0 aromatic heterocycles. The van der Waals surface area contributed by atoms with Crippen molar-refractivity contribution in [1.29, 1.82) is 0 Å². The number of nitrogen functional groups attached to an aromatic ring is 1. The maximum atomic E-state index is 5.93. The Balaban J connectivity index is 1.79. The summed E-state index contributed by atoms with van der Waals surface area (Å²) in [5.41, 5.74) is 9.07. The van der Waals surface area contributed by atoms with Gasteiger partial charge in [0, 0.05) is 19.8 Å². The highest BCUT2D eigenvalue weighted by molar-refractivity contribution is 5.66. The van der Waals surface area contributed by atoms with Gasteiger partial charge >= 0.3 is 0 Å². The van der Waals surface area contributed by atoms with Crippen LogP contribution in [0.2, 0.25) is 0 Å². The standard InChI is InChI=1S/C14H22N2O/c1-11-2-3-13(15)14(10-11)16-7-4-12-5-8-17-9-6-12/h2-3,10,12,16H,4-9,15H2,1H3. The summed E-state index contributed by atoms with van der Waals surface area (Å²) in [6.07, 6.45) is 3.60. The van der Waals surface area contributed by atoms with Gasteiger partial charge in [-0.3, -0.25) is 0 Å². The Morgan fingerprint density at radius 2 is 2.12 bits per heavy atom. The number of aryl methyl sites for hydroxylation is 1. The van der Waals surface area contributed by atoms with Gasteiger partial charge in [-0.15, -0.1) is 0 Å². The summed E-state index contributed by atoms with van der Waals surface area (Å²) < 4.78 is 5.36. The lowest BCUT2D eigenvalue weighted by atomic mass is 9.96. The molecule has 3 heteroatoms. The average molecular weight is 234 g/mol. The van der Waals surface area contributed by atoms with Crippen molar-refractivity contribution >= 4 is 11.4 Å². The Labute approximate surface area is 103 Å². The van der Waals surface area contributed by atoms with E-state index < -0.39 is 0 Å². The molecule has 1 aliphatic rings. The van der Waals surface area contributed by atoms with Gasteiger partial charge in [0.05, 0.1) is 11.4 Å². The molecule has 1 aliphatic heterocycles. The van der Waals surface area contributed by atoms with Gasteiger partial charge in [-0.05, 0) is 49.8 Å². The molecule has 1 saturated heterocycles. The molecule has 0 saturated carbocycles. The Morgan fingerprint density at radius 3 is 2.88 bits per heavy atom. The lowest BCUT2D eigenvalue weighted by Gasteiger charge is -2.22. The van der Waals surface area contributed by atoms with Gasteiger partial charge in [0.25, 0.3) is 0 Å². The summed E-state index contributed by atoms with van der Waals surface area (Å²) in [5.74, 6) is 0.808. The lowest BCUT2D eigenvalue weighted by molar-refractivity contribution is 0.0649. The second-order valence-electron chi connectivity index (χ2n) is 4.86. The molecule has 0 aliphatic carbocycles. The van der Waals surface area contributed by atoms with Gasteiger partial charge < -0.3 is 15.8 Å². The van der Waals surface area contributed by atoms with Crippen LogP contribution in [-0.4, -0.2) is 19.8 Å². The third kappa shape index (κ3) is 3.63. The monoisotopic (exact) mass is 234 g/mol. The molecule has 0 unspecified atom stereocenters. The molecule has 0 spiro atoms. The topological polar surface area (TPSA) is 47.3 Å². The molecule has 2 rings (SSSR count). The summed E-state index contributed by atoms with van der Waals surface area (Å²) >= 11 is 0. The first-order valence-electron chi connectivity index (χ1n) is 6.43. The maximum Gasteiger partial charge on any atom is 0.0576 e. The average Bonchev–Trinajstić information content (AvgIpc) is 2.35. The van der Waals surface area contributed by atoms with Crippen LogP contribution in [0, 0.1) is 12.8 Å². The van der Waals surface area contributed by atoms with Crippen molar-refractivity contribution < 1.29 is 4.74 Å². The number of hydrogen-bond donors (Lipinski definition) is 2. The van der Waals surface area contributed by atoms with Crippen LogP contribution in [0.15, 0.2) is 18.2 Å².